The largest absolute Gasteiger partial charge is 0.461 e. The van der Waals surface area contributed by atoms with E-state index >= 15 is 0 Å². The summed E-state index contributed by atoms with van der Waals surface area (Å²) in [5.74, 6) is -0.293. The molecule has 0 spiro atoms. The first-order valence-corrected chi connectivity index (χ1v) is 9.85. The Kier molecular flexibility index (Phi) is 5.74. The number of fused-ring (bicyclic) bond motifs is 1. The second kappa shape index (κ2) is 7.90. The first-order chi connectivity index (χ1) is 13.2. The highest BCUT2D eigenvalue weighted by atomic mass is 79.9. The fourth-order valence-electron chi connectivity index (χ4n) is 2.90. The molecular weight excluding hydrogens is 428 g/mol. The molecule has 3 heterocycles. The molecule has 28 heavy (non-hydrogen) atoms. The summed E-state index contributed by atoms with van der Waals surface area (Å²) in [7, 11) is 0. The molecule has 0 fully saturated rings. The molecule has 0 amide bonds. The number of esters is 2. The third-order valence-corrected chi connectivity index (χ3v) is 4.75. The predicted molar refractivity (Wildman–Crippen MR) is 106 cm³/mol. The van der Waals surface area contributed by atoms with Gasteiger partial charge in [-0.3, -0.25) is 0 Å². The van der Waals surface area contributed by atoms with Crippen LogP contribution < -0.4 is 4.90 Å². The van der Waals surface area contributed by atoms with Crippen LogP contribution >= 0.6 is 15.9 Å². The number of rotatable bonds is 4. The van der Waals surface area contributed by atoms with E-state index in [4.69, 9.17) is 9.47 Å². The van der Waals surface area contributed by atoms with Gasteiger partial charge in [0.15, 0.2) is 11.4 Å². The molecule has 0 aromatic carbocycles. The lowest BCUT2D eigenvalue weighted by Gasteiger charge is -2.30. The number of nitrogens with zero attached hydrogens (tertiary/aromatic N) is 4. The molecule has 0 bridgehead atoms. The zero-order valence-corrected chi connectivity index (χ0v) is 17.9. The van der Waals surface area contributed by atoms with Crippen molar-refractivity contribution in [3.8, 4) is 0 Å². The van der Waals surface area contributed by atoms with E-state index in [-0.39, 0.29) is 5.69 Å². The Balaban J connectivity index is 1.86. The molecule has 0 radical (unpaired) electrons. The average Bonchev–Trinajstić information content (AvgIpc) is 3.04. The lowest BCUT2D eigenvalue weighted by atomic mass is 10.2. The van der Waals surface area contributed by atoms with Crippen molar-refractivity contribution >= 4 is 33.7 Å². The SMILES string of the molecule is CCOC(=O)c1ncn2c1CN(c1ccc(Br)c(C(=O)OC(C)(C)C)n1)CC2. The van der Waals surface area contributed by atoms with E-state index in [1.807, 2.05) is 36.3 Å². The summed E-state index contributed by atoms with van der Waals surface area (Å²) < 4.78 is 13.0. The van der Waals surface area contributed by atoms with Crippen LogP contribution in [0.4, 0.5) is 5.82 Å². The van der Waals surface area contributed by atoms with Crippen molar-refractivity contribution in [2.24, 2.45) is 0 Å². The van der Waals surface area contributed by atoms with E-state index in [1.165, 1.54) is 0 Å². The third-order valence-electron chi connectivity index (χ3n) is 4.11. The summed E-state index contributed by atoms with van der Waals surface area (Å²) in [4.78, 5) is 35.3. The van der Waals surface area contributed by atoms with Crippen molar-refractivity contribution in [2.45, 2.75) is 46.4 Å². The van der Waals surface area contributed by atoms with Crippen LogP contribution in [0, 0.1) is 0 Å². The molecule has 1 aliphatic heterocycles. The molecule has 2 aromatic rings. The van der Waals surface area contributed by atoms with Crippen LogP contribution in [0.3, 0.4) is 0 Å². The fraction of sp³-hybridized carbons (Fsp3) is 0.474. The molecule has 150 valence electrons. The lowest BCUT2D eigenvalue weighted by Crippen LogP contribution is -2.35. The minimum absolute atomic E-state index is 0.220. The van der Waals surface area contributed by atoms with Gasteiger partial charge in [-0.15, -0.1) is 0 Å². The Morgan fingerprint density at radius 2 is 1.93 bits per heavy atom. The number of hydrogen-bond donors (Lipinski definition) is 0. The smallest absolute Gasteiger partial charge is 0.358 e. The number of hydrogen-bond acceptors (Lipinski definition) is 7. The van der Waals surface area contributed by atoms with Crippen LogP contribution in [0.5, 0.6) is 0 Å². The molecular formula is C19H23BrN4O4. The van der Waals surface area contributed by atoms with Gasteiger partial charge < -0.3 is 18.9 Å². The Bertz CT molecular complexity index is 904. The van der Waals surface area contributed by atoms with Gasteiger partial charge >= 0.3 is 11.9 Å². The van der Waals surface area contributed by atoms with E-state index in [1.54, 1.807) is 19.3 Å². The van der Waals surface area contributed by atoms with Crippen LogP contribution in [0.1, 0.15) is 54.4 Å². The van der Waals surface area contributed by atoms with Crippen LogP contribution in [-0.4, -0.2) is 45.2 Å². The highest BCUT2D eigenvalue weighted by Gasteiger charge is 2.27. The standard InChI is InChI=1S/C19H23BrN4O4/c1-5-27-17(25)16-13-10-23(8-9-24(13)11-21-16)14-7-6-12(20)15(22-14)18(26)28-19(2,3)4/h6-7,11H,5,8-10H2,1-4H3. The Morgan fingerprint density at radius 1 is 1.18 bits per heavy atom. The summed E-state index contributed by atoms with van der Waals surface area (Å²) in [6, 6.07) is 3.60. The summed E-state index contributed by atoms with van der Waals surface area (Å²) >= 11 is 3.37. The fourth-order valence-corrected chi connectivity index (χ4v) is 3.28. The normalized spacial score (nSPS) is 13.8. The quantitative estimate of drug-likeness (QED) is 0.660. The van der Waals surface area contributed by atoms with Gasteiger partial charge in [-0.05, 0) is 55.8 Å². The minimum Gasteiger partial charge on any atom is -0.461 e. The summed E-state index contributed by atoms with van der Waals surface area (Å²) in [5, 5.41) is 0. The highest BCUT2D eigenvalue weighted by molar-refractivity contribution is 9.10. The number of carbonyl (C=O) groups is 2. The number of carbonyl (C=O) groups excluding carboxylic acids is 2. The maximum atomic E-state index is 12.5. The van der Waals surface area contributed by atoms with E-state index in [2.05, 4.69) is 25.9 Å². The molecule has 0 saturated carbocycles. The van der Waals surface area contributed by atoms with Crippen LogP contribution in [-0.2, 0) is 22.6 Å². The van der Waals surface area contributed by atoms with E-state index in [0.29, 0.717) is 42.2 Å². The van der Waals surface area contributed by atoms with Gasteiger partial charge in [-0.1, -0.05) is 0 Å². The van der Waals surface area contributed by atoms with E-state index in [0.717, 1.165) is 5.69 Å². The van der Waals surface area contributed by atoms with Crippen molar-refractivity contribution in [1.82, 2.24) is 14.5 Å². The number of imidazole rings is 1. The van der Waals surface area contributed by atoms with Crippen LogP contribution in [0.15, 0.2) is 22.9 Å². The number of aromatic nitrogens is 3. The topological polar surface area (TPSA) is 86.6 Å². The Hall–Kier alpha value is -2.42. The van der Waals surface area contributed by atoms with E-state index in [9.17, 15) is 9.59 Å². The molecule has 0 saturated heterocycles. The summed E-state index contributed by atoms with van der Waals surface area (Å²) in [6.07, 6.45) is 1.65. The number of halogens is 1. The second-order valence-corrected chi connectivity index (χ2v) is 8.23. The Morgan fingerprint density at radius 3 is 2.61 bits per heavy atom. The monoisotopic (exact) mass is 450 g/mol. The minimum atomic E-state index is -0.611. The third kappa shape index (κ3) is 4.35. The number of pyridine rings is 1. The molecule has 8 nitrogen and oxygen atoms in total. The molecule has 0 aliphatic carbocycles. The van der Waals surface area contributed by atoms with E-state index < -0.39 is 17.5 Å². The first kappa shape index (κ1) is 20.3. The molecule has 0 N–H and O–H groups in total. The van der Waals surface area contributed by atoms with Gasteiger partial charge in [0.2, 0.25) is 0 Å². The second-order valence-electron chi connectivity index (χ2n) is 7.38. The maximum Gasteiger partial charge on any atom is 0.358 e. The number of anilines is 1. The van der Waals surface area contributed by atoms with Gasteiger partial charge in [-0.2, -0.15) is 0 Å². The predicted octanol–water partition coefficient (Wildman–Crippen LogP) is 3.19. The highest BCUT2D eigenvalue weighted by Crippen LogP contribution is 2.26. The van der Waals surface area contributed by atoms with Crippen molar-refractivity contribution in [3.05, 3.63) is 40.0 Å². The maximum absolute atomic E-state index is 12.5. The summed E-state index contributed by atoms with van der Waals surface area (Å²) in [5.41, 5.74) is 0.696. The average molecular weight is 451 g/mol. The van der Waals surface area contributed by atoms with Crippen molar-refractivity contribution < 1.29 is 19.1 Å². The van der Waals surface area contributed by atoms with Gasteiger partial charge in [0.25, 0.3) is 0 Å². The molecule has 9 heteroatoms. The molecule has 0 atom stereocenters. The van der Waals surface area contributed by atoms with Crippen molar-refractivity contribution in [3.63, 3.8) is 0 Å². The van der Waals surface area contributed by atoms with Crippen molar-refractivity contribution in [2.75, 3.05) is 18.1 Å². The van der Waals surface area contributed by atoms with Crippen LogP contribution in [0.2, 0.25) is 0 Å². The summed E-state index contributed by atoms with van der Waals surface area (Å²) in [6.45, 7) is 9.26. The van der Waals surface area contributed by atoms with Gasteiger partial charge in [-0.25, -0.2) is 19.6 Å². The molecule has 1 aliphatic rings. The first-order valence-electron chi connectivity index (χ1n) is 9.05. The number of ether oxygens (including phenoxy) is 2. The zero-order chi connectivity index (χ0) is 20.5. The van der Waals surface area contributed by atoms with Gasteiger partial charge in [0.05, 0.1) is 29.6 Å². The van der Waals surface area contributed by atoms with Crippen molar-refractivity contribution in [1.29, 1.82) is 0 Å². The van der Waals surface area contributed by atoms with Gasteiger partial charge in [0.1, 0.15) is 11.4 Å². The lowest BCUT2D eigenvalue weighted by molar-refractivity contribution is 0.00615. The Labute approximate surface area is 172 Å². The zero-order valence-electron chi connectivity index (χ0n) is 16.4. The molecule has 2 aromatic heterocycles. The molecule has 3 rings (SSSR count). The molecule has 0 unspecified atom stereocenters. The van der Waals surface area contributed by atoms with Gasteiger partial charge in [0, 0.05) is 13.1 Å². The van der Waals surface area contributed by atoms with Crippen LogP contribution in [0.25, 0.3) is 0 Å².